The topological polar surface area (TPSA) is 50.8 Å². The van der Waals surface area contributed by atoms with Crippen LogP contribution in [0, 0.1) is 0 Å². The van der Waals surface area contributed by atoms with Gasteiger partial charge in [-0.25, -0.2) is 0 Å². The van der Waals surface area contributed by atoms with Crippen molar-refractivity contribution in [2.75, 3.05) is 39.4 Å². The maximum absolute atomic E-state index is 11.9. The summed E-state index contributed by atoms with van der Waals surface area (Å²) in [6.45, 7) is 4.13. The largest absolute Gasteiger partial charge is 0.484 e. The number of nitrogens with zero attached hydrogens (tertiary/aromatic N) is 1. The lowest BCUT2D eigenvalue weighted by Crippen LogP contribution is -2.40. The average Bonchev–Trinajstić information content (AvgIpc) is 2.72. The van der Waals surface area contributed by atoms with Gasteiger partial charge in [-0.2, -0.15) is 0 Å². The Labute approximate surface area is 165 Å². The van der Waals surface area contributed by atoms with Gasteiger partial charge < -0.3 is 14.8 Å². The Balaban J connectivity index is 1.31. The summed E-state index contributed by atoms with van der Waals surface area (Å²) < 4.78 is 11.3. The summed E-state index contributed by atoms with van der Waals surface area (Å²) in [6, 6.07) is 17.3. The third-order valence-electron chi connectivity index (χ3n) is 4.48. The molecule has 6 heteroatoms. The quantitative estimate of drug-likeness (QED) is 0.705. The molecule has 1 N–H and O–H groups in total. The highest BCUT2D eigenvalue weighted by atomic mass is 35.5. The van der Waals surface area contributed by atoms with E-state index in [0.717, 1.165) is 32.7 Å². The van der Waals surface area contributed by atoms with E-state index in [1.165, 1.54) is 5.56 Å². The summed E-state index contributed by atoms with van der Waals surface area (Å²) in [5.41, 5.74) is 1.22. The van der Waals surface area contributed by atoms with E-state index >= 15 is 0 Å². The highest BCUT2D eigenvalue weighted by Crippen LogP contribution is 2.21. The summed E-state index contributed by atoms with van der Waals surface area (Å²) in [5.74, 6) is 0.518. The lowest BCUT2D eigenvalue weighted by molar-refractivity contribution is -0.123. The van der Waals surface area contributed by atoms with E-state index in [0.29, 0.717) is 17.3 Å². The molecule has 0 spiro atoms. The maximum atomic E-state index is 11.9. The van der Waals surface area contributed by atoms with Crippen molar-refractivity contribution in [3.8, 4) is 5.75 Å². The number of nitrogens with one attached hydrogen (secondary N) is 1. The van der Waals surface area contributed by atoms with Crippen LogP contribution in [-0.4, -0.2) is 50.2 Å². The fourth-order valence-corrected chi connectivity index (χ4v) is 3.16. The highest BCUT2D eigenvalue weighted by Gasteiger charge is 2.21. The summed E-state index contributed by atoms with van der Waals surface area (Å²) >= 11 is 5.82. The number of rotatable bonds is 8. The number of morpholine rings is 1. The molecular weight excluding hydrogens is 364 g/mol. The minimum atomic E-state index is -0.117. The van der Waals surface area contributed by atoms with E-state index in [4.69, 9.17) is 21.1 Å². The zero-order valence-corrected chi connectivity index (χ0v) is 16.0. The fourth-order valence-electron chi connectivity index (χ4n) is 3.04. The Bertz CT molecular complexity index is 709. The molecule has 0 saturated carbocycles. The summed E-state index contributed by atoms with van der Waals surface area (Å²) in [4.78, 5) is 14.3. The van der Waals surface area contributed by atoms with Crippen LogP contribution < -0.4 is 10.1 Å². The summed E-state index contributed by atoms with van der Waals surface area (Å²) in [5, 5.41) is 3.54. The fraction of sp³-hybridized carbons (Fsp3) is 0.381. The van der Waals surface area contributed by atoms with Crippen molar-refractivity contribution in [2.24, 2.45) is 0 Å². The molecule has 1 aliphatic heterocycles. The van der Waals surface area contributed by atoms with Crippen molar-refractivity contribution in [1.29, 1.82) is 0 Å². The van der Waals surface area contributed by atoms with Gasteiger partial charge in [-0.05, 0) is 36.2 Å². The third kappa shape index (κ3) is 6.54. The molecule has 3 rings (SSSR count). The van der Waals surface area contributed by atoms with E-state index in [1.54, 1.807) is 24.3 Å². The van der Waals surface area contributed by atoms with Crippen molar-refractivity contribution in [3.05, 3.63) is 65.2 Å². The first-order chi connectivity index (χ1) is 13.2. The average molecular weight is 389 g/mol. The zero-order chi connectivity index (χ0) is 18.9. The van der Waals surface area contributed by atoms with E-state index in [-0.39, 0.29) is 18.6 Å². The van der Waals surface area contributed by atoms with Gasteiger partial charge >= 0.3 is 0 Å². The molecule has 0 aromatic heterocycles. The molecule has 0 aliphatic carbocycles. The zero-order valence-electron chi connectivity index (χ0n) is 15.3. The van der Waals surface area contributed by atoms with Crippen molar-refractivity contribution < 1.29 is 14.3 Å². The normalized spacial score (nSPS) is 17.4. The molecule has 0 radical (unpaired) electrons. The van der Waals surface area contributed by atoms with Crippen LogP contribution in [0.3, 0.4) is 0 Å². The minimum absolute atomic E-state index is 0.00919. The van der Waals surface area contributed by atoms with Gasteiger partial charge in [0.2, 0.25) is 0 Å². The van der Waals surface area contributed by atoms with Gasteiger partial charge in [0.1, 0.15) is 5.75 Å². The standard InChI is InChI=1S/C21H25ClN2O3/c22-18-7-9-19(10-8-18)27-16-21(25)23-11-4-12-24-13-14-26-20(15-24)17-5-2-1-3-6-17/h1-3,5-10,20H,4,11-16H2,(H,23,25)/t20-/m1/s1. The number of carbonyl (C=O) groups excluding carboxylic acids is 1. The molecule has 2 aromatic rings. The maximum Gasteiger partial charge on any atom is 0.257 e. The monoisotopic (exact) mass is 388 g/mol. The van der Waals surface area contributed by atoms with Gasteiger partial charge in [0.25, 0.3) is 5.91 Å². The molecule has 0 unspecified atom stereocenters. The van der Waals surface area contributed by atoms with Crippen molar-refractivity contribution in [1.82, 2.24) is 10.2 Å². The third-order valence-corrected chi connectivity index (χ3v) is 4.73. The Morgan fingerprint density at radius 1 is 1.19 bits per heavy atom. The second-order valence-electron chi connectivity index (χ2n) is 6.52. The Kier molecular flexibility index (Phi) is 7.51. The molecule has 5 nitrogen and oxygen atoms in total. The summed E-state index contributed by atoms with van der Waals surface area (Å²) in [7, 11) is 0. The first-order valence-electron chi connectivity index (χ1n) is 9.25. The van der Waals surface area contributed by atoms with Crippen LogP contribution in [0.1, 0.15) is 18.1 Å². The molecule has 1 fully saturated rings. The molecule has 1 saturated heterocycles. The van der Waals surface area contributed by atoms with Crippen molar-refractivity contribution in [3.63, 3.8) is 0 Å². The van der Waals surface area contributed by atoms with E-state index in [1.807, 2.05) is 18.2 Å². The van der Waals surface area contributed by atoms with Crippen LogP contribution in [0.5, 0.6) is 5.75 Å². The highest BCUT2D eigenvalue weighted by molar-refractivity contribution is 6.30. The molecule has 0 bridgehead atoms. The van der Waals surface area contributed by atoms with Crippen molar-refractivity contribution in [2.45, 2.75) is 12.5 Å². The van der Waals surface area contributed by atoms with Crippen LogP contribution in [0.15, 0.2) is 54.6 Å². The van der Waals surface area contributed by atoms with Crippen LogP contribution in [-0.2, 0) is 9.53 Å². The molecule has 2 aromatic carbocycles. The van der Waals surface area contributed by atoms with E-state index in [2.05, 4.69) is 22.3 Å². The van der Waals surface area contributed by atoms with Gasteiger partial charge in [0, 0.05) is 31.2 Å². The molecule has 27 heavy (non-hydrogen) atoms. The van der Waals surface area contributed by atoms with Crippen LogP contribution in [0.4, 0.5) is 0 Å². The lowest BCUT2D eigenvalue weighted by Gasteiger charge is -2.33. The van der Waals surface area contributed by atoms with Gasteiger partial charge in [-0.3, -0.25) is 9.69 Å². The van der Waals surface area contributed by atoms with Crippen LogP contribution in [0.2, 0.25) is 5.02 Å². The SMILES string of the molecule is O=C(COc1ccc(Cl)cc1)NCCCN1CCO[C@@H](c2ccccc2)C1. The molecule has 144 valence electrons. The van der Waals surface area contributed by atoms with Gasteiger partial charge in [0.15, 0.2) is 6.61 Å². The van der Waals surface area contributed by atoms with Gasteiger partial charge in [-0.15, -0.1) is 0 Å². The first-order valence-corrected chi connectivity index (χ1v) is 9.62. The second-order valence-corrected chi connectivity index (χ2v) is 6.95. The number of carbonyl (C=O) groups is 1. The summed E-state index contributed by atoms with van der Waals surface area (Å²) in [6.07, 6.45) is 1.02. The molecule has 1 amide bonds. The number of benzene rings is 2. The predicted molar refractivity (Wildman–Crippen MR) is 106 cm³/mol. The lowest BCUT2D eigenvalue weighted by atomic mass is 10.1. The number of amides is 1. The van der Waals surface area contributed by atoms with Crippen LogP contribution in [0.25, 0.3) is 0 Å². The number of hydrogen-bond acceptors (Lipinski definition) is 4. The van der Waals surface area contributed by atoms with Crippen LogP contribution >= 0.6 is 11.6 Å². The second kappa shape index (κ2) is 10.3. The molecule has 1 heterocycles. The first kappa shape index (κ1) is 19.7. The molecular formula is C21H25ClN2O3. The Morgan fingerprint density at radius 2 is 1.96 bits per heavy atom. The van der Waals surface area contributed by atoms with E-state index in [9.17, 15) is 4.79 Å². The molecule has 1 atom stereocenters. The van der Waals surface area contributed by atoms with Gasteiger partial charge in [0.05, 0.1) is 12.7 Å². The smallest absolute Gasteiger partial charge is 0.257 e. The number of hydrogen-bond donors (Lipinski definition) is 1. The van der Waals surface area contributed by atoms with Gasteiger partial charge in [-0.1, -0.05) is 41.9 Å². The minimum Gasteiger partial charge on any atom is -0.484 e. The Morgan fingerprint density at radius 3 is 2.74 bits per heavy atom. The Hall–Kier alpha value is -2.08. The number of halogens is 1. The molecule has 1 aliphatic rings. The number of ether oxygens (including phenoxy) is 2. The van der Waals surface area contributed by atoms with E-state index < -0.39 is 0 Å². The predicted octanol–water partition coefficient (Wildman–Crippen LogP) is 3.30. The van der Waals surface area contributed by atoms with Crippen molar-refractivity contribution >= 4 is 17.5 Å².